The van der Waals surface area contributed by atoms with Gasteiger partial charge in [0.05, 0.1) is 4.92 Å². The van der Waals surface area contributed by atoms with Crippen LogP contribution in [0, 0.1) is 10.1 Å². The summed E-state index contributed by atoms with van der Waals surface area (Å²) in [7, 11) is 0. The van der Waals surface area contributed by atoms with Gasteiger partial charge in [0, 0.05) is 25.2 Å². The van der Waals surface area contributed by atoms with Gasteiger partial charge < -0.3 is 5.32 Å². The maximum atomic E-state index is 10.6. The summed E-state index contributed by atoms with van der Waals surface area (Å²) < 4.78 is 0. The lowest BCUT2D eigenvalue weighted by molar-refractivity contribution is -0.385. The molecule has 0 aromatic heterocycles. The maximum absolute atomic E-state index is 10.6. The molecule has 0 spiro atoms. The Labute approximate surface area is 82.1 Å². The van der Waals surface area contributed by atoms with Gasteiger partial charge in [-0.05, 0) is 17.0 Å². The first-order valence-corrected chi connectivity index (χ1v) is 4.66. The number of nitrogens with zero attached hydrogens (tertiary/aromatic N) is 1. The first kappa shape index (κ1) is 9.15. The van der Waals surface area contributed by atoms with Crippen LogP contribution >= 0.6 is 0 Å². The predicted molar refractivity (Wildman–Crippen MR) is 53.2 cm³/mol. The lowest BCUT2D eigenvalue weighted by Gasteiger charge is -2.22. The van der Waals surface area contributed by atoms with Gasteiger partial charge in [0.2, 0.25) is 0 Å². The molecule has 4 heteroatoms. The van der Waals surface area contributed by atoms with Gasteiger partial charge in [-0.15, -0.1) is 0 Å². The molecule has 0 saturated heterocycles. The minimum Gasteiger partial charge on any atom is -0.312 e. The third kappa shape index (κ3) is 1.48. The smallest absolute Gasteiger partial charge is 0.269 e. The van der Waals surface area contributed by atoms with Crippen molar-refractivity contribution in [1.82, 2.24) is 5.32 Å². The number of benzene rings is 1. The van der Waals surface area contributed by atoms with Crippen LogP contribution in [0.4, 0.5) is 5.69 Å². The maximum Gasteiger partial charge on any atom is 0.269 e. The van der Waals surface area contributed by atoms with E-state index in [1.807, 2.05) is 6.07 Å². The summed E-state index contributed by atoms with van der Waals surface area (Å²) in [5.41, 5.74) is 2.48. The second-order valence-electron chi connectivity index (χ2n) is 3.67. The topological polar surface area (TPSA) is 55.2 Å². The number of hydrogen-bond donors (Lipinski definition) is 1. The monoisotopic (exact) mass is 192 g/mol. The fraction of sp³-hybridized carbons (Fsp3) is 0.400. The van der Waals surface area contributed by atoms with E-state index in [4.69, 9.17) is 0 Å². The first-order valence-electron chi connectivity index (χ1n) is 4.66. The number of hydrogen-bond acceptors (Lipinski definition) is 3. The molecule has 0 bridgehead atoms. The molecule has 1 aromatic carbocycles. The highest BCUT2D eigenvalue weighted by Crippen LogP contribution is 2.27. The average Bonchev–Trinajstić information content (AvgIpc) is 2.18. The zero-order chi connectivity index (χ0) is 10.1. The first-order chi connectivity index (χ1) is 6.68. The molecule has 1 N–H and O–H groups in total. The van der Waals surface area contributed by atoms with Gasteiger partial charge in [0.25, 0.3) is 5.69 Å². The van der Waals surface area contributed by atoms with Crippen LogP contribution in [0.1, 0.15) is 24.0 Å². The Morgan fingerprint density at radius 1 is 1.57 bits per heavy atom. The number of nitrogens with one attached hydrogen (secondary N) is 1. The number of nitro benzene ring substituents is 1. The van der Waals surface area contributed by atoms with Crippen molar-refractivity contribution in [2.45, 2.75) is 19.4 Å². The van der Waals surface area contributed by atoms with E-state index in [0.717, 1.165) is 18.7 Å². The summed E-state index contributed by atoms with van der Waals surface area (Å²) in [6.07, 6.45) is 0. The van der Waals surface area contributed by atoms with Crippen molar-refractivity contribution >= 4 is 5.69 Å². The lowest BCUT2D eigenvalue weighted by Crippen LogP contribution is -2.26. The van der Waals surface area contributed by atoms with Crippen molar-refractivity contribution in [2.24, 2.45) is 0 Å². The molecule has 1 unspecified atom stereocenters. The van der Waals surface area contributed by atoms with Crippen molar-refractivity contribution < 1.29 is 4.92 Å². The van der Waals surface area contributed by atoms with E-state index in [1.54, 1.807) is 12.1 Å². The summed E-state index contributed by atoms with van der Waals surface area (Å²) in [5.74, 6) is 0.360. The molecule has 0 aliphatic carbocycles. The van der Waals surface area contributed by atoms with Gasteiger partial charge in [-0.3, -0.25) is 10.1 Å². The zero-order valence-corrected chi connectivity index (χ0v) is 7.99. The minimum absolute atomic E-state index is 0.192. The van der Waals surface area contributed by atoms with Gasteiger partial charge in [0.1, 0.15) is 0 Å². The Balaban J connectivity index is 2.45. The predicted octanol–water partition coefficient (Wildman–Crippen LogP) is 1.80. The summed E-state index contributed by atoms with van der Waals surface area (Å²) in [4.78, 5) is 10.2. The highest BCUT2D eigenvalue weighted by molar-refractivity contribution is 5.42. The molecule has 0 amide bonds. The van der Waals surface area contributed by atoms with Crippen LogP contribution in [0.2, 0.25) is 0 Å². The molecule has 1 aromatic rings. The van der Waals surface area contributed by atoms with Crippen molar-refractivity contribution in [1.29, 1.82) is 0 Å². The largest absolute Gasteiger partial charge is 0.312 e. The van der Waals surface area contributed by atoms with Crippen LogP contribution < -0.4 is 5.32 Å². The molecule has 1 aliphatic heterocycles. The minimum atomic E-state index is -0.338. The van der Waals surface area contributed by atoms with Crippen LogP contribution in [-0.4, -0.2) is 11.5 Å². The third-order valence-corrected chi connectivity index (χ3v) is 2.64. The number of non-ortho nitro benzene ring substituents is 1. The molecule has 0 radical (unpaired) electrons. The fourth-order valence-electron chi connectivity index (χ4n) is 1.85. The highest BCUT2D eigenvalue weighted by Gasteiger charge is 2.18. The normalized spacial score (nSPS) is 20.2. The molecular weight excluding hydrogens is 180 g/mol. The Bertz CT molecular complexity index is 376. The Morgan fingerprint density at radius 2 is 2.36 bits per heavy atom. The molecule has 0 saturated carbocycles. The number of fused-ring (bicyclic) bond motifs is 1. The van der Waals surface area contributed by atoms with Crippen LogP contribution in [0.25, 0.3) is 0 Å². The van der Waals surface area contributed by atoms with Gasteiger partial charge in [-0.25, -0.2) is 0 Å². The summed E-state index contributed by atoms with van der Waals surface area (Å²) in [5, 5.41) is 13.9. The number of rotatable bonds is 1. The van der Waals surface area contributed by atoms with E-state index in [9.17, 15) is 10.1 Å². The SMILES string of the molecule is CC1CNCc2ccc([N+](=O)[O-])cc21. The van der Waals surface area contributed by atoms with Crippen LogP contribution in [0.15, 0.2) is 18.2 Å². The average molecular weight is 192 g/mol. The van der Waals surface area contributed by atoms with Crippen molar-refractivity contribution in [3.8, 4) is 0 Å². The molecular formula is C10H12N2O2. The molecule has 14 heavy (non-hydrogen) atoms. The third-order valence-electron chi connectivity index (χ3n) is 2.64. The quantitative estimate of drug-likeness (QED) is 0.545. The van der Waals surface area contributed by atoms with Gasteiger partial charge in [-0.1, -0.05) is 13.0 Å². The van der Waals surface area contributed by atoms with E-state index in [-0.39, 0.29) is 10.6 Å². The molecule has 4 nitrogen and oxygen atoms in total. The Morgan fingerprint density at radius 3 is 3.07 bits per heavy atom. The van der Waals surface area contributed by atoms with E-state index >= 15 is 0 Å². The van der Waals surface area contributed by atoms with Crippen LogP contribution in [0.3, 0.4) is 0 Å². The van der Waals surface area contributed by atoms with Gasteiger partial charge in [0.15, 0.2) is 0 Å². The number of nitro groups is 1. The molecule has 74 valence electrons. The standard InChI is InChI=1S/C10H12N2O2/c1-7-5-11-6-8-2-3-9(12(13)14)4-10(7)8/h2-4,7,11H,5-6H2,1H3. The van der Waals surface area contributed by atoms with E-state index in [2.05, 4.69) is 12.2 Å². The zero-order valence-electron chi connectivity index (χ0n) is 7.99. The fourth-order valence-corrected chi connectivity index (χ4v) is 1.85. The summed E-state index contributed by atoms with van der Waals surface area (Å²) >= 11 is 0. The van der Waals surface area contributed by atoms with Crippen molar-refractivity contribution in [2.75, 3.05) is 6.54 Å². The van der Waals surface area contributed by atoms with Gasteiger partial charge >= 0.3 is 0 Å². The van der Waals surface area contributed by atoms with Crippen LogP contribution in [-0.2, 0) is 6.54 Å². The highest BCUT2D eigenvalue weighted by atomic mass is 16.6. The van der Waals surface area contributed by atoms with E-state index in [0.29, 0.717) is 5.92 Å². The second-order valence-corrected chi connectivity index (χ2v) is 3.67. The molecule has 1 heterocycles. The van der Waals surface area contributed by atoms with Crippen molar-refractivity contribution in [3.05, 3.63) is 39.4 Å². The van der Waals surface area contributed by atoms with Crippen LogP contribution in [0.5, 0.6) is 0 Å². The Hall–Kier alpha value is -1.42. The van der Waals surface area contributed by atoms with E-state index < -0.39 is 0 Å². The lowest BCUT2D eigenvalue weighted by atomic mass is 9.92. The second kappa shape index (κ2) is 3.38. The Kier molecular flexibility index (Phi) is 2.21. The molecule has 0 fully saturated rings. The van der Waals surface area contributed by atoms with Gasteiger partial charge in [-0.2, -0.15) is 0 Å². The summed E-state index contributed by atoms with van der Waals surface area (Å²) in [6, 6.07) is 5.11. The molecule has 1 atom stereocenters. The van der Waals surface area contributed by atoms with E-state index in [1.165, 1.54) is 5.56 Å². The summed E-state index contributed by atoms with van der Waals surface area (Å²) in [6.45, 7) is 3.79. The molecule has 2 rings (SSSR count). The van der Waals surface area contributed by atoms with Crippen molar-refractivity contribution in [3.63, 3.8) is 0 Å². The molecule has 1 aliphatic rings.